The summed E-state index contributed by atoms with van der Waals surface area (Å²) in [6, 6.07) is 14.3. The van der Waals surface area contributed by atoms with Crippen molar-refractivity contribution in [1.29, 1.82) is 0 Å². The summed E-state index contributed by atoms with van der Waals surface area (Å²) < 4.78 is 6.44. The molecule has 0 spiro atoms. The fourth-order valence-corrected chi connectivity index (χ4v) is 3.01. The molecule has 2 aromatic carbocycles. The SMILES string of the molecule is COc1ccccc1CN(C)c1ccc(CCl)cc1Br. The molecule has 0 saturated heterocycles. The smallest absolute Gasteiger partial charge is 0.123 e. The van der Waals surface area contributed by atoms with Crippen molar-refractivity contribution in [2.45, 2.75) is 12.4 Å². The van der Waals surface area contributed by atoms with Crippen LogP contribution in [-0.4, -0.2) is 14.2 Å². The number of rotatable bonds is 5. The van der Waals surface area contributed by atoms with Gasteiger partial charge in [0.15, 0.2) is 0 Å². The summed E-state index contributed by atoms with van der Waals surface area (Å²) in [5.41, 5.74) is 3.39. The van der Waals surface area contributed by atoms with Crippen LogP contribution < -0.4 is 9.64 Å². The Morgan fingerprint density at radius 3 is 2.60 bits per heavy atom. The molecule has 106 valence electrons. The molecule has 0 aromatic heterocycles. The summed E-state index contributed by atoms with van der Waals surface area (Å²) in [7, 11) is 3.76. The van der Waals surface area contributed by atoms with Gasteiger partial charge in [-0.3, -0.25) is 0 Å². The highest BCUT2D eigenvalue weighted by atomic mass is 79.9. The lowest BCUT2D eigenvalue weighted by Crippen LogP contribution is -2.17. The molecule has 20 heavy (non-hydrogen) atoms. The maximum atomic E-state index is 5.85. The molecular weight excluding hydrogens is 338 g/mol. The number of benzene rings is 2. The Morgan fingerprint density at radius 2 is 1.95 bits per heavy atom. The molecular formula is C16H17BrClNO. The number of hydrogen-bond acceptors (Lipinski definition) is 2. The molecule has 0 aliphatic rings. The lowest BCUT2D eigenvalue weighted by molar-refractivity contribution is 0.409. The van der Waals surface area contributed by atoms with Crippen LogP contribution in [0.3, 0.4) is 0 Å². The highest BCUT2D eigenvalue weighted by Gasteiger charge is 2.09. The van der Waals surface area contributed by atoms with Crippen molar-refractivity contribution in [3.05, 3.63) is 58.1 Å². The van der Waals surface area contributed by atoms with E-state index < -0.39 is 0 Å². The molecule has 2 rings (SSSR count). The molecule has 0 heterocycles. The van der Waals surface area contributed by atoms with Crippen LogP contribution in [-0.2, 0) is 12.4 Å². The second kappa shape index (κ2) is 7.00. The van der Waals surface area contributed by atoms with Gasteiger partial charge in [-0.05, 0) is 39.7 Å². The molecule has 2 nitrogen and oxygen atoms in total. The van der Waals surface area contributed by atoms with Gasteiger partial charge in [0.1, 0.15) is 5.75 Å². The molecule has 0 amide bonds. The van der Waals surface area contributed by atoms with Crippen LogP contribution in [0.1, 0.15) is 11.1 Å². The van der Waals surface area contributed by atoms with Crippen LogP contribution >= 0.6 is 27.5 Å². The maximum Gasteiger partial charge on any atom is 0.123 e. The van der Waals surface area contributed by atoms with E-state index in [1.54, 1.807) is 7.11 Å². The van der Waals surface area contributed by atoms with Gasteiger partial charge in [0.25, 0.3) is 0 Å². The number of para-hydroxylation sites is 1. The summed E-state index contributed by atoms with van der Waals surface area (Å²) >= 11 is 9.46. The van der Waals surface area contributed by atoms with Gasteiger partial charge in [0.05, 0.1) is 12.8 Å². The number of halogens is 2. The third-order valence-corrected chi connectivity index (χ3v) is 4.12. The zero-order chi connectivity index (χ0) is 14.5. The molecule has 0 N–H and O–H groups in total. The van der Waals surface area contributed by atoms with Crippen LogP contribution in [0.4, 0.5) is 5.69 Å². The Morgan fingerprint density at radius 1 is 1.20 bits per heavy atom. The minimum Gasteiger partial charge on any atom is -0.496 e. The van der Waals surface area contributed by atoms with Crippen molar-refractivity contribution in [2.75, 3.05) is 19.1 Å². The summed E-state index contributed by atoms with van der Waals surface area (Å²) in [6.07, 6.45) is 0. The molecule has 0 aliphatic heterocycles. The van der Waals surface area contributed by atoms with E-state index in [4.69, 9.17) is 16.3 Å². The van der Waals surface area contributed by atoms with Crippen LogP contribution in [0.5, 0.6) is 5.75 Å². The number of ether oxygens (including phenoxy) is 1. The zero-order valence-electron chi connectivity index (χ0n) is 11.6. The van der Waals surface area contributed by atoms with E-state index in [1.807, 2.05) is 24.3 Å². The van der Waals surface area contributed by atoms with Crippen LogP contribution in [0, 0.1) is 0 Å². The van der Waals surface area contributed by atoms with E-state index in [-0.39, 0.29) is 0 Å². The lowest BCUT2D eigenvalue weighted by Gasteiger charge is -2.22. The predicted molar refractivity (Wildman–Crippen MR) is 88.8 cm³/mol. The fourth-order valence-electron chi connectivity index (χ4n) is 2.12. The second-order valence-corrected chi connectivity index (χ2v) is 5.71. The van der Waals surface area contributed by atoms with Gasteiger partial charge in [0, 0.05) is 29.5 Å². The number of nitrogens with zero attached hydrogens (tertiary/aromatic N) is 1. The molecule has 2 aromatic rings. The number of anilines is 1. The molecule has 0 atom stereocenters. The van der Waals surface area contributed by atoms with Gasteiger partial charge in [0.2, 0.25) is 0 Å². The largest absolute Gasteiger partial charge is 0.496 e. The van der Waals surface area contributed by atoms with E-state index in [0.717, 1.165) is 33.6 Å². The van der Waals surface area contributed by atoms with Gasteiger partial charge in [-0.1, -0.05) is 24.3 Å². The minimum atomic E-state index is 0.523. The van der Waals surface area contributed by atoms with Crippen LogP contribution in [0.15, 0.2) is 46.9 Å². The first-order chi connectivity index (χ1) is 9.65. The summed E-state index contributed by atoms with van der Waals surface area (Å²) in [5, 5.41) is 0. The number of hydrogen-bond donors (Lipinski definition) is 0. The van der Waals surface area contributed by atoms with E-state index in [1.165, 1.54) is 0 Å². The van der Waals surface area contributed by atoms with Gasteiger partial charge in [-0.2, -0.15) is 0 Å². The minimum absolute atomic E-state index is 0.523. The first kappa shape index (κ1) is 15.2. The topological polar surface area (TPSA) is 12.5 Å². The summed E-state index contributed by atoms with van der Waals surface area (Å²) in [4.78, 5) is 2.18. The lowest BCUT2D eigenvalue weighted by atomic mass is 10.1. The van der Waals surface area contributed by atoms with Crippen molar-refractivity contribution in [3.63, 3.8) is 0 Å². The van der Waals surface area contributed by atoms with Crippen LogP contribution in [0.25, 0.3) is 0 Å². The Kier molecular flexibility index (Phi) is 5.32. The fraction of sp³-hybridized carbons (Fsp3) is 0.250. The highest BCUT2D eigenvalue weighted by molar-refractivity contribution is 9.10. The quantitative estimate of drug-likeness (QED) is 0.713. The van der Waals surface area contributed by atoms with Gasteiger partial charge >= 0.3 is 0 Å². The first-order valence-electron chi connectivity index (χ1n) is 6.33. The van der Waals surface area contributed by atoms with Crippen molar-refractivity contribution in [1.82, 2.24) is 0 Å². The monoisotopic (exact) mass is 353 g/mol. The van der Waals surface area contributed by atoms with E-state index >= 15 is 0 Å². The first-order valence-corrected chi connectivity index (χ1v) is 7.66. The number of alkyl halides is 1. The van der Waals surface area contributed by atoms with Crippen molar-refractivity contribution in [3.8, 4) is 5.75 Å². The molecule has 4 heteroatoms. The third-order valence-electron chi connectivity index (χ3n) is 3.18. The average Bonchev–Trinajstić information content (AvgIpc) is 2.47. The summed E-state index contributed by atoms with van der Waals surface area (Å²) in [6.45, 7) is 0.781. The molecule has 0 fully saturated rings. The molecule has 0 unspecified atom stereocenters. The predicted octanol–water partition coefficient (Wildman–Crippen LogP) is 4.83. The molecule has 0 bridgehead atoms. The molecule has 0 radical (unpaired) electrons. The van der Waals surface area contributed by atoms with Gasteiger partial charge < -0.3 is 9.64 Å². The molecule has 0 aliphatic carbocycles. The average molecular weight is 355 g/mol. The Hall–Kier alpha value is -1.19. The highest BCUT2D eigenvalue weighted by Crippen LogP contribution is 2.29. The van der Waals surface area contributed by atoms with Crippen molar-refractivity contribution < 1.29 is 4.74 Å². The Labute approximate surface area is 133 Å². The van der Waals surface area contributed by atoms with Crippen molar-refractivity contribution in [2.24, 2.45) is 0 Å². The van der Waals surface area contributed by atoms with E-state index in [9.17, 15) is 0 Å². The Balaban J connectivity index is 2.21. The van der Waals surface area contributed by atoms with E-state index in [0.29, 0.717) is 5.88 Å². The van der Waals surface area contributed by atoms with Crippen LogP contribution in [0.2, 0.25) is 0 Å². The maximum absolute atomic E-state index is 5.85. The standard InChI is InChI=1S/C16H17BrClNO/c1-19(11-13-5-3-4-6-16(13)20-2)15-8-7-12(10-18)9-14(15)17/h3-9H,10-11H2,1-2H3. The van der Waals surface area contributed by atoms with E-state index in [2.05, 4.69) is 46.1 Å². The van der Waals surface area contributed by atoms with Gasteiger partial charge in [-0.25, -0.2) is 0 Å². The molecule has 0 saturated carbocycles. The Bertz CT molecular complexity index is 588. The third kappa shape index (κ3) is 3.47. The number of methoxy groups -OCH3 is 1. The summed E-state index contributed by atoms with van der Waals surface area (Å²) in [5.74, 6) is 1.43. The second-order valence-electron chi connectivity index (χ2n) is 4.59. The van der Waals surface area contributed by atoms with Crippen molar-refractivity contribution >= 4 is 33.2 Å². The van der Waals surface area contributed by atoms with Gasteiger partial charge in [-0.15, -0.1) is 11.6 Å². The zero-order valence-corrected chi connectivity index (χ0v) is 13.9. The normalized spacial score (nSPS) is 10.4.